The molecule has 0 aromatic heterocycles. The molecule has 1 aromatic carbocycles. The van der Waals surface area contributed by atoms with Crippen LogP contribution in [0.3, 0.4) is 0 Å². The van der Waals surface area contributed by atoms with E-state index in [1.807, 2.05) is 12.1 Å². The van der Waals surface area contributed by atoms with Crippen molar-refractivity contribution in [3.63, 3.8) is 0 Å². The highest BCUT2D eigenvalue weighted by molar-refractivity contribution is 5.38. The lowest BCUT2D eigenvalue weighted by Crippen LogP contribution is -2.28. The van der Waals surface area contributed by atoms with Gasteiger partial charge in [-0.2, -0.15) is 0 Å². The van der Waals surface area contributed by atoms with E-state index in [0.717, 1.165) is 18.9 Å². The molecular weight excluding hydrogens is 222 g/mol. The first kappa shape index (κ1) is 12.0. The summed E-state index contributed by atoms with van der Waals surface area (Å²) in [4.78, 5) is 0. The fourth-order valence-corrected chi connectivity index (χ4v) is 3.26. The fourth-order valence-electron chi connectivity index (χ4n) is 3.26. The van der Waals surface area contributed by atoms with Crippen molar-refractivity contribution in [2.24, 2.45) is 5.92 Å². The molecule has 0 saturated heterocycles. The lowest BCUT2D eigenvalue weighted by Gasteiger charge is -2.29. The van der Waals surface area contributed by atoms with Crippen molar-refractivity contribution in [3.05, 3.63) is 29.3 Å². The molecule has 1 unspecified atom stereocenters. The topological polar surface area (TPSA) is 32.3 Å². The molecule has 3 rings (SSSR count). The second-order valence-corrected chi connectivity index (χ2v) is 5.87. The minimum atomic E-state index is 0.406. The number of benzene rings is 1. The average molecular weight is 245 g/mol. The zero-order chi connectivity index (χ0) is 12.4. The predicted octanol–water partition coefficient (Wildman–Crippen LogP) is 3.55. The second kappa shape index (κ2) is 5.31. The largest absolute Gasteiger partial charge is 0.508 e. The third-order valence-corrected chi connectivity index (χ3v) is 4.61. The summed E-state index contributed by atoms with van der Waals surface area (Å²) in [5.74, 6) is 1.39. The van der Waals surface area contributed by atoms with Crippen LogP contribution in [0.2, 0.25) is 0 Å². The van der Waals surface area contributed by atoms with Crippen LogP contribution in [0.25, 0.3) is 0 Å². The number of phenols is 1. The maximum Gasteiger partial charge on any atom is 0.115 e. The monoisotopic (exact) mass is 245 g/mol. The van der Waals surface area contributed by atoms with E-state index in [1.54, 1.807) is 0 Å². The highest BCUT2D eigenvalue weighted by Gasteiger charge is 2.21. The molecule has 2 aliphatic rings. The van der Waals surface area contributed by atoms with Crippen molar-refractivity contribution >= 4 is 0 Å². The molecule has 0 heterocycles. The van der Waals surface area contributed by atoms with Crippen molar-refractivity contribution < 1.29 is 5.11 Å². The maximum atomic E-state index is 9.54. The van der Waals surface area contributed by atoms with Crippen LogP contribution >= 0.6 is 0 Å². The number of aromatic hydroxyl groups is 1. The van der Waals surface area contributed by atoms with Crippen LogP contribution in [0, 0.1) is 5.92 Å². The van der Waals surface area contributed by atoms with E-state index in [9.17, 15) is 5.11 Å². The van der Waals surface area contributed by atoms with Gasteiger partial charge in [0.05, 0.1) is 0 Å². The Bertz CT molecular complexity index is 412. The molecule has 98 valence electrons. The molecule has 18 heavy (non-hydrogen) atoms. The van der Waals surface area contributed by atoms with Crippen LogP contribution in [0.5, 0.6) is 5.75 Å². The summed E-state index contributed by atoms with van der Waals surface area (Å²) < 4.78 is 0. The van der Waals surface area contributed by atoms with Crippen LogP contribution in [0.1, 0.15) is 55.7 Å². The Labute approximate surface area is 109 Å². The summed E-state index contributed by atoms with van der Waals surface area (Å²) in [7, 11) is 0. The molecule has 2 aliphatic carbocycles. The first-order valence-electron chi connectivity index (χ1n) is 7.38. The first-order chi connectivity index (χ1) is 8.83. The van der Waals surface area contributed by atoms with Crippen molar-refractivity contribution in [3.8, 4) is 5.75 Å². The first-order valence-corrected chi connectivity index (χ1v) is 7.38. The molecule has 1 saturated carbocycles. The van der Waals surface area contributed by atoms with Crippen molar-refractivity contribution in [2.45, 2.75) is 51.0 Å². The quantitative estimate of drug-likeness (QED) is 0.850. The van der Waals surface area contributed by atoms with E-state index in [1.165, 1.54) is 49.7 Å². The van der Waals surface area contributed by atoms with Gasteiger partial charge in [0.15, 0.2) is 0 Å². The Hall–Kier alpha value is -1.02. The van der Waals surface area contributed by atoms with E-state index < -0.39 is 0 Å². The summed E-state index contributed by atoms with van der Waals surface area (Å²) in [5, 5.41) is 13.3. The smallest absolute Gasteiger partial charge is 0.115 e. The number of fused-ring (bicyclic) bond motifs is 1. The van der Waals surface area contributed by atoms with Crippen molar-refractivity contribution in [1.29, 1.82) is 0 Å². The highest BCUT2D eigenvalue weighted by Crippen LogP contribution is 2.33. The number of nitrogens with one attached hydrogen (secondary N) is 1. The maximum absolute atomic E-state index is 9.54. The van der Waals surface area contributed by atoms with Gasteiger partial charge in [-0.25, -0.2) is 0 Å². The average Bonchev–Trinajstić information content (AvgIpc) is 2.32. The van der Waals surface area contributed by atoms with Gasteiger partial charge in [-0.3, -0.25) is 0 Å². The molecule has 1 aromatic rings. The molecule has 1 fully saturated rings. The minimum Gasteiger partial charge on any atom is -0.508 e. The van der Waals surface area contributed by atoms with E-state index in [4.69, 9.17) is 0 Å². The summed E-state index contributed by atoms with van der Waals surface area (Å²) in [5.41, 5.74) is 2.75. The molecule has 2 nitrogen and oxygen atoms in total. The van der Waals surface area contributed by atoms with Gasteiger partial charge in [0.1, 0.15) is 5.75 Å². The number of hydrogen-bond acceptors (Lipinski definition) is 2. The third kappa shape index (κ3) is 2.54. The number of phenolic OH excluding ortho intramolecular Hbond substituents is 1. The third-order valence-electron chi connectivity index (χ3n) is 4.61. The van der Waals surface area contributed by atoms with Gasteiger partial charge in [-0.1, -0.05) is 25.3 Å². The number of aryl methyl sites for hydroxylation is 1. The number of rotatable bonds is 4. The fraction of sp³-hybridized carbons (Fsp3) is 0.625. The van der Waals surface area contributed by atoms with E-state index in [0.29, 0.717) is 11.8 Å². The Morgan fingerprint density at radius 2 is 2.06 bits per heavy atom. The van der Waals surface area contributed by atoms with E-state index in [-0.39, 0.29) is 0 Å². The van der Waals surface area contributed by atoms with Gasteiger partial charge < -0.3 is 10.4 Å². The molecule has 2 N–H and O–H groups in total. The highest BCUT2D eigenvalue weighted by atomic mass is 16.3. The van der Waals surface area contributed by atoms with E-state index in [2.05, 4.69) is 11.4 Å². The predicted molar refractivity (Wildman–Crippen MR) is 73.7 cm³/mol. The van der Waals surface area contributed by atoms with Crippen LogP contribution in [-0.4, -0.2) is 11.7 Å². The van der Waals surface area contributed by atoms with Crippen LogP contribution < -0.4 is 5.32 Å². The summed E-state index contributed by atoms with van der Waals surface area (Å²) >= 11 is 0. The van der Waals surface area contributed by atoms with Crippen LogP contribution in [-0.2, 0) is 6.42 Å². The minimum absolute atomic E-state index is 0.406. The molecule has 0 aliphatic heterocycles. The summed E-state index contributed by atoms with van der Waals surface area (Å²) in [6.07, 6.45) is 9.25. The second-order valence-electron chi connectivity index (χ2n) is 5.87. The van der Waals surface area contributed by atoms with Crippen LogP contribution in [0.15, 0.2) is 18.2 Å². The van der Waals surface area contributed by atoms with Gasteiger partial charge >= 0.3 is 0 Å². The zero-order valence-electron chi connectivity index (χ0n) is 11.0. The standard InChI is InChI=1S/C16H23NO/c18-14-7-8-15-13(11-14)5-2-6-16(15)17-10-9-12-3-1-4-12/h7-8,11-12,16-18H,1-6,9-10H2. The molecule has 0 spiro atoms. The van der Waals surface area contributed by atoms with E-state index >= 15 is 0 Å². The van der Waals surface area contributed by atoms with Gasteiger partial charge in [-0.15, -0.1) is 0 Å². The molecule has 0 radical (unpaired) electrons. The van der Waals surface area contributed by atoms with Gasteiger partial charge in [-0.05, 0) is 61.4 Å². The lowest BCUT2D eigenvalue weighted by atomic mass is 9.82. The molecule has 0 bridgehead atoms. The Kier molecular flexibility index (Phi) is 3.55. The van der Waals surface area contributed by atoms with Gasteiger partial charge in [0, 0.05) is 6.04 Å². The normalized spacial score (nSPS) is 23.4. The van der Waals surface area contributed by atoms with Gasteiger partial charge in [0.25, 0.3) is 0 Å². The van der Waals surface area contributed by atoms with Crippen molar-refractivity contribution in [2.75, 3.05) is 6.54 Å². The lowest BCUT2D eigenvalue weighted by molar-refractivity contribution is 0.285. The SMILES string of the molecule is Oc1ccc2c(c1)CCCC2NCCC1CCC1. The Morgan fingerprint density at radius 1 is 1.17 bits per heavy atom. The van der Waals surface area contributed by atoms with Gasteiger partial charge in [0.2, 0.25) is 0 Å². The summed E-state index contributed by atoms with van der Waals surface area (Å²) in [6, 6.07) is 6.37. The molecule has 1 atom stereocenters. The Morgan fingerprint density at radius 3 is 2.83 bits per heavy atom. The summed E-state index contributed by atoms with van der Waals surface area (Å²) in [6.45, 7) is 1.15. The molecule has 2 heteroatoms. The Balaban J connectivity index is 1.59. The van der Waals surface area contributed by atoms with Crippen molar-refractivity contribution in [1.82, 2.24) is 5.32 Å². The number of hydrogen-bond donors (Lipinski definition) is 2. The zero-order valence-corrected chi connectivity index (χ0v) is 11.0. The van der Waals surface area contributed by atoms with Crippen LogP contribution in [0.4, 0.5) is 0 Å². The molecule has 0 amide bonds. The molecular formula is C16H23NO.